The first kappa shape index (κ1) is 16.5. The van der Waals surface area contributed by atoms with Crippen molar-refractivity contribution in [1.29, 1.82) is 0 Å². The third-order valence-electron chi connectivity index (χ3n) is 4.33. The summed E-state index contributed by atoms with van der Waals surface area (Å²) >= 11 is 0. The molecule has 1 aromatic carbocycles. The van der Waals surface area contributed by atoms with E-state index < -0.39 is 6.10 Å². The highest BCUT2D eigenvalue weighted by Gasteiger charge is 2.31. The molecule has 1 aliphatic rings. The quantitative estimate of drug-likeness (QED) is 0.886. The van der Waals surface area contributed by atoms with Crippen LogP contribution in [0.2, 0.25) is 0 Å². The van der Waals surface area contributed by atoms with Crippen LogP contribution in [0, 0.1) is 19.8 Å². The largest absolute Gasteiger partial charge is 0.391 e. The van der Waals surface area contributed by atoms with Crippen LogP contribution in [0.1, 0.15) is 24.2 Å². The minimum atomic E-state index is -0.429. The molecule has 1 fully saturated rings. The molecule has 6 heteroatoms. The van der Waals surface area contributed by atoms with Gasteiger partial charge in [-0.15, -0.1) is 0 Å². The smallest absolute Gasteiger partial charge is 0.321 e. The van der Waals surface area contributed by atoms with Gasteiger partial charge in [0.25, 0.3) is 0 Å². The number of nitrogens with zero attached hydrogens (tertiary/aromatic N) is 3. The Bertz CT molecular complexity index is 736. The van der Waals surface area contributed by atoms with Crippen molar-refractivity contribution >= 4 is 11.7 Å². The lowest BCUT2D eigenvalue weighted by atomic mass is 10.2. The highest BCUT2D eigenvalue weighted by atomic mass is 16.3. The molecule has 0 aliphatic heterocycles. The average molecular weight is 328 g/mol. The van der Waals surface area contributed by atoms with Gasteiger partial charge < -0.3 is 15.3 Å². The monoisotopic (exact) mass is 328 g/mol. The maximum atomic E-state index is 12.3. The molecule has 1 aliphatic carbocycles. The Kier molecular flexibility index (Phi) is 4.57. The van der Waals surface area contributed by atoms with Gasteiger partial charge in [-0.25, -0.2) is 9.48 Å². The number of anilines is 1. The second-order valence-corrected chi connectivity index (χ2v) is 6.60. The number of aliphatic hydroxyl groups is 1. The molecule has 1 saturated carbocycles. The Morgan fingerprint density at radius 2 is 2.17 bits per heavy atom. The van der Waals surface area contributed by atoms with Crippen LogP contribution in [0.15, 0.2) is 30.3 Å². The summed E-state index contributed by atoms with van der Waals surface area (Å²) in [5.74, 6) is 0.356. The summed E-state index contributed by atoms with van der Waals surface area (Å²) in [6.07, 6.45) is 1.68. The number of amides is 2. The fourth-order valence-corrected chi connectivity index (χ4v) is 2.82. The Balaban J connectivity index is 1.67. The number of aryl methyl sites for hydroxylation is 2. The van der Waals surface area contributed by atoms with Crippen LogP contribution in [0.3, 0.4) is 0 Å². The lowest BCUT2D eigenvalue weighted by Crippen LogP contribution is -2.38. The first-order chi connectivity index (χ1) is 11.4. The number of carbonyl (C=O) groups excluding carboxylic acids is 1. The van der Waals surface area contributed by atoms with Gasteiger partial charge in [0.1, 0.15) is 0 Å². The van der Waals surface area contributed by atoms with Gasteiger partial charge in [0.2, 0.25) is 0 Å². The van der Waals surface area contributed by atoms with Crippen LogP contribution >= 0.6 is 0 Å². The Morgan fingerprint density at radius 1 is 1.42 bits per heavy atom. The minimum absolute atomic E-state index is 0.222. The molecule has 24 heavy (non-hydrogen) atoms. The predicted octanol–water partition coefficient (Wildman–Crippen LogP) is 2.72. The van der Waals surface area contributed by atoms with Crippen molar-refractivity contribution in [2.75, 3.05) is 18.9 Å². The van der Waals surface area contributed by atoms with Crippen molar-refractivity contribution in [2.45, 2.75) is 32.8 Å². The van der Waals surface area contributed by atoms with Crippen LogP contribution < -0.4 is 5.32 Å². The fraction of sp³-hybridized carbons (Fsp3) is 0.444. The summed E-state index contributed by atoms with van der Waals surface area (Å²) in [4.78, 5) is 13.8. The van der Waals surface area contributed by atoms with Gasteiger partial charge in [0.05, 0.1) is 17.5 Å². The van der Waals surface area contributed by atoms with E-state index in [1.54, 1.807) is 7.05 Å². The molecule has 0 spiro atoms. The Hall–Kier alpha value is -2.34. The normalized spacial score (nSPS) is 15.2. The van der Waals surface area contributed by atoms with E-state index >= 15 is 0 Å². The topological polar surface area (TPSA) is 70.4 Å². The lowest BCUT2D eigenvalue weighted by molar-refractivity contribution is 0.117. The molecule has 1 atom stereocenters. The summed E-state index contributed by atoms with van der Waals surface area (Å²) in [6.45, 7) is 4.31. The molecule has 2 N–H and O–H groups in total. The number of aliphatic hydroxyl groups excluding tert-OH is 1. The molecule has 1 unspecified atom stereocenters. The predicted molar refractivity (Wildman–Crippen MR) is 93.4 cm³/mol. The van der Waals surface area contributed by atoms with E-state index in [2.05, 4.69) is 10.4 Å². The number of carbonyl (C=O) groups is 1. The molecular weight excluding hydrogens is 304 g/mol. The maximum Gasteiger partial charge on any atom is 0.321 e. The SMILES string of the molecule is Cc1cc(C)n(-c2cccc(NC(=O)N(C)CC(O)C3CC3)c2)n1. The van der Waals surface area contributed by atoms with E-state index in [-0.39, 0.29) is 6.03 Å². The van der Waals surface area contributed by atoms with Crippen molar-refractivity contribution < 1.29 is 9.90 Å². The van der Waals surface area contributed by atoms with Gasteiger partial charge in [-0.1, -0.05) is 6.07 Å². The molecular formula is C18H24N4O2. The molecule has 0 saturated heterocycles. The van der Waals surface area contributed by atoms with Crippen LogP contribution in [-0.2, 0) is 0 Å². The first-order valence-electron chi connectivity index (χ1n) is 8.28. The third-order valence-corrected chi connectivity index (χ3v) is 4.33. The zero-order chi connectivity index (χ0) is 17.3. The van der Waals surface area contributed by atoms with Crippen molar-refractivity contribution in [3.8, 4) is 5.69 Å². The standard InChI is InChI=1S/C18H24N4O2/c1-12-9-13(2)22(20-12)16-6-4-5-15(10-16)19-18(24)21(3)11-17(23)14-7-8-14/h4-6,9-10,14,17,23H,7-8,11H2,1-3H3,(H,19,24). The van der Waals surface area contributed by atoms with Crippen LogP contribution in [0.4, 0.5) is 10.5 Å². The zero-order valence-electron chi connectivity index (χ0n) is 14.4. The zero-order valence-corrected chi connectivity index (χ0v) is 14.4. The van der Waals surface area contributed by atoms with Crippen molar-refractivity contribution in [3.05, 3.63) is 41.7 Å². The first-order valence-corrected chi connectivity index (χ1v) is 8.28. The van der Waals surface area contributed by atoms with Gasteiger partial charge in [-0.05, 0) is 56.9 Å². The van der Waals surface area contributed by atoms with Gasteiger partial charge in [0, 0.05) is 25.0 Å². The van der Waals surface area contributed by atoms with E-state index in [0.717, 1.165) is 29.9 Å². The van der Waals surface area contributed by atoms with E-state index in [9.17, 15) is 9.90 Å². The number of benzene rings is 1. The van der Waals surface area contributed by atoms with Crippen LogP contribution in [0.25, 0.3) is 5.69 Å². The minimum Gasteiger partial charge on any atom is -0.391 e. The molecule has 2 aromatic rings. The van der Waals surface area contributed by atoms with Crippen molar-refractivity contribution in [2.24, 2.45) is 5.92 Å². The number of likely N-dealkylation sites (N-methyl/N-ethyl adjacent to an activating group) is 1. The molecule has 2 amide bonds. The Labute approximate surface area is 142 Å². The molecule has 1 aromatic heterocycles. The number of rotatable bonds is 5. The van der Waals surface area contributed by atoms with Gasteiger partial charge >= 0.3 is 6.03 Å². The number of hydrogen-bond donors (Lipinski definition) is 2. The van der Waals surface area contributed by atoms with E-state index in [1.165, 1.54) is 4.90 Å². The summed E-state index contributed by atoms with van der Waals surface area (Å²) in [7, 11) is 1.70. The number of nitrogens with one attached hydrogen (secondary N) is 1. The van der Waals surface area contributed by atoms with E-state index in [0.29, 0.717) is 18.2 Å². The fourth-order valence-electron chi connectivity index (χ4n) is 2.82. The summed E-state index contributed by atoms with van der Waals surface area (Å²) in [5.41, 5.74) is 3.60. The summed E-state index contributed by atoms with van der Waals surface area (Å²) < 4.78 is 1.85. The van der Waals surface area contributed by atoms with Gasteiger partial charge in [0.15, 0.2) is 0 Å². The highest BCUT2D eigenvalue weighted by Crippen LogP contribution is 2.32. The summed E-state index contributed by atoms with van der Waals surface area (Å²) in [6, 6.07) is 9.37. The third kappa shape index (κ3) is 3.76. The average Bonchev–Trinajstić information content (AvgIpc) is 3.32. The van der Waals surface area contributed by atoms with Gasteiger partial charge in [-0.3, -0.25) is 0 Å². The van der Waals surface area contributed by atoms with Crippen LogP contribution in [0.5, 0.6) is 0 Å². The van der Waals surface area contributed by atoms with Crippen LogP contribution in [-0.4, -0.2) is 45.5 Å². The van der Waals surface area contributed by atoms with E-state index in [1.807, 2.05) is 48.9 Å². The number of aromatic nitrogens is 2. The number of hydrogen-bond acceptors (Lipinski definition) is 3. The molecule has 6 nitrogen and oxygen atoms in total. The van der Waals surface area contributed by atoms with Crippen molar-refractivity contribution in [1.82, 2.24) is 14.7 Å². The number of urea groups is 1. The van der Waals surface area contributed by atoms with Crippen molar-refractivity contribution in [3.63, 3.8) is 0 Å². The maximum absolute atomic E-state index is 12.3. The summed E-state index contributed by atoms with van der Waals surface area (Å²) in [5, 5.41) is 17.3. The lowest BCUT2D eigenvalue weighted by Gasteiger charge is -2.21. The highest BCUT2D eigenvalue weighted by molar-refractivity contribution is 5.89. The molecule has 0 radical (unpaired) electrons. The second kappa shape index (κ2) is 6.65. The van der Waals surface area contributed by atoms with E-state index in [4.69, 9.17) is 0 Å². The molecule has 3 rings (SSSR count). The van der Waals surface area contributed by atoms with Gasteiger partial charge in [-0.2, -0.15) is 5.10 Å². The Morgan fingerprint density at radius 3 is 2.79 bits per heavy atom. The molecule has 128 valence electrons. The molecule has 1 heterocycles. The second-order valence-electron chi connectivity index (χ2n) is 6.60. The molecule has 0 bridgehead atoms.